The summed E-state index contributed by atoms with van der Waals surface area (Å²) in [5.41, 5.74) is 1.55. The maximum absolute atomic E-state index is 12.1. The molecule has 0 radical (unpaired) electrons. The second kappa shape index (κ2) is 8.15. The number of hydrogen-bond acceptors (Lipinski definition) is 2. The number of hydrogen-bond donors (Lipinski definition) is 2. The van der Waals surface area contributed by atoms with Crippen LogP contribution in [0.15, 0.2) is 53.0 Å². The lowest BCUT2D eigenvalue weighted by molar-refractivity contribution is -0.138. The van der Waals surface area contributed by atoms with Crippen LogP contribution in [0.5, 0.6) is 0 Å². The summed E-state index contributed by atoms with van der Waals surface area (Å²) in [7, 11) is 0. The number of carbonyl (C=O) groups is 2. The van der Waals surface area contributed by atoms with Crippen molar-refractivity contribution in [3.63, 3.8) is 0 Å². The van der Waals surface area contributed by atoms with E-state index in [9.17, 15) is 22.8 Å². The predicted molar refractivity (Wildman–Crippen MR) is 91.3 cm³/mol. The van der Waals surface area contributed by atoms with E-state index in [2.05, 4.69) is 21.2 Å². The van der Waals surface area contributed by atoms with Crippen LogP contribution in [0.3, 0.4) is 0 Å². The predicted octanol–water partition coefficient (Wildman–Crippen LogP) is 3.92. The fourth-order valence-electron chi connectivity index (χ4n) is 1.96. The summed E-state index contributed by atoms with van der Waals surface area (Å²) in [6, 6.07) is 13.1. The largest absolute Gasteiger partial charge is 0.405 e. The van der Waals surface area contributed by atoms with Crippen LogP contribution in [-0.2, 0) is 11.2 Å². The van der Waals surface area contributed by atoms with Crippen molar-refractivity contribution in [2.75, 3.05) is 11.9 Å². The van der Waals surface area contributed by atoms with Crippen LogP contribution < -0.4 is 10.6 Å². The summed E-state index contributed by atoms with van der Waals surface area (Å²) in [5.74, 6) is -1.01. The van der Waals surface area contributed by atoms with E-state index >= 15 is 0 Å². The molecule has 0 aliphatic carbocycles. The highest BCUT2D eigenvalue weighted by molar-refractivity contribution is 9.10. The fraction of sp³-hybridized carbons (Fsp3) is 0.176. The number of nitrogens with one attached hydrogen (secondary N) is 2. The van der Waals surface area contributed by atoms with Crippen molar-refractivity contribution in [1.29, 1.82) is 0 Å². The molecule has 4 nitrogen and oxygen atoms in total. The number of alkyl halides is 3. The molecule has 0 fully saturated rings. The summed E-state index contributed by atoms with van der Waals surface area (Å²) in [6.07, 6.45) is -4.60. The number of carbonyl (C=O) groups excluding carboxylic acids is 2. The molecule has 2 amide bonds. The van der Waals surface area contributed by atoms with Gasteiger partial charge in [0.2, 0.25) is 5.91 Å². The van der Waals surface area contributed by atoms with E-state index in [0.717, 1.165) is 4.47 Å². The van der Waals surface area contributed by atoms with Crippen molar-refractivity contribution in [2.45, 2.75) is 12.6 Å². The highest BCUT2D eigenvalue weighted by Crippen LogP contribution is 2.15. The van der Waals surface area contributed by atoms with E-state index in [1.807, 2.05) is 0 Å². The van der Waals surface area contributed by atoms with E-state index in [0.29, 0.717) is 16.8 Å². The maximum atomic E-state index is 12.1. The highest BCUT2D eigenvalue weighted by atomic mass is 79.9. The Balaban J connectivity index is 1.90. The molecule has 0 saturated heterocycles. The zero-order valence-electron chi connectivity index (χ0n) is 12.9. The lowest BCUT2D eigenvalue weighted by Crippen LogP contribution is -2.34. The van der Waals surface area contributed by atoms with Crippen LogP contribution >= 0.6 is 15.9 Å². The van der Waals surface area contributed by atoms with Gasteiger partial charge < -0.3 is 10.6 Å². The van der Waals surface area contributed by atoms with E-state index in [-0.39, 0.29) is 12.3 Å². The minimum atomic E-state index is -4.43. The second-order valence-electron chi connectivity index (χ2n) is 5.23. The first kappa shape index (κ1) is 19.0. The van der Waals surface area contributed by atoms with Crippen molar-refractivity contribution in [1.82, 2.24) is 5.32 Å². The number of anilines is 1. The summed E-state index contributed by atoms with van der Waals surface area (Å²) >= 11 is 3.28. The van der Waals surface area contributed by atoms with E-state index in [1.54, 1.807) is 53.8 Å². The van der Waals surface area contributed by atoms with Gasteiger partial charge in [-0.1, -0.05) is 28.1 Å². The molecule has 2 N–H and O–H groups in total. The molecular weight excluding hydrogens is 401 g/mol. The first-order chi connectivity index (χ1) is 11.7. The second-order valence-corrected chi connectivity index (χ2v) is 6.14. The third-order valence-electron chi connectivity index (χ3n) is 3.17. The molecule has 0 heterocycles. The molecule has 0 atom stereocenters. The van der Waals surface area contributed by atoms with Gasteiger partial charge in [-0.2, -0.15) is 13.2 Å². The van der Waals surface area contributed by atoms with Gasteiger partial charge in [-0.25, -0.2) is 0 Å². The Morgan fingerprint density at radius 3 is 2.12 bits per heavy atom. The molecule has 0 bridgehead atoms. The fourth-order valence-corrected chi connectivity index (χ4v) is 2.22. The molecule has 0 spiro atoms. The van der Waals surface area contributed by atoms with Gasteiger partial charge in [-0.05, 0) is 42.0 Å². The first-order valence-electron chi connectivity index (χ1n) is 7.22. The van der Waals surface area contributed by atoms with Crippen molar-refractivity contribution < 1.29 is 22.8 Å². The Morgan fingerprint density at radius 1 is 0.960 bits per heavy atom. The Kier molecular flexibility index (Phi) is 6.19. The van der Waals surface area contributed by atoms with E-state index < -0.39 is 18.6 Å². The Labute approximate surface area is 150 Å². The summed E-state index contributed by atoms with van der Waals surface area (Å²) in [6.45, 7) is -1.35. The van der Waals surface area contributed by atoms with Gasteiger partial charge in [0.05, 0.1) is 6.42 Å². The van der Waals surface area contributed by atoms with Crippen LogP contribution in [0.2, 0.25) is 0 Å². The number of rotatable bonds is 5. The van der Waals surface area contributed by atoms with Crippen molar-refractivity contribution in [3.05, 3.63) is 64.1 Å². The molecule has 0 aromatic heterocycles. The highest BCUT2D eigenvalue weighted by Gasteiger charge is 2.27. The van der Waals surface area contributed by atoms with Gasteiger partial charge in [0, 0.05) is 15.7 Å². The molecule has 2 rings (SSSR count). The molecule has 8 heteroatoms. The molecular formula is C17H14BrF3N2O2. The Hall–Kier alpha value is -2.35. The third kappa shape index (κ3) is 6.58. The van der Waals surface area contributed by atoms with Gasteiger partial charge in [-0.15, -0.1) is 0 Å². The molecule has 0 aliphatic rings. The lowest BCUT2D eigenvalue weighted by Gasteiger charge is -2.09. The van der Waals surface area contributed by atoms with Crippen molar-refractivity contribution in [3.8, 4) is 0 Å². The molecule has 132 valence electrons. The van der Waals surface area contributed by atoms with Gasteiger partial charge in [0.1, 0.15) is 6.54 Å². The molecule has 0 saturated carbocycles. The monoisotopic (exact) mass is 414 g/mol. The molecule has 0 aliphatic heterocycles. The molecule has 25 heavy (non-hydrogen) atoms. The standard InChI is InChI=1S/C17H14BrF3N2O2/c18-13-5-3-12(4-6-13)16(25)23-14-7-1-11(2-8-14)9-15(24)22-10-17(19,20)21/h1-8H,9-10H2,(H,22,24)(H,23,25). The van der Waals surface area contributed by atoms with E-state index in [4.69, 9.17) is 0 Å². The Bertz CT molecular complexity index is 744. The summed E-state index contributed by atoms with van der Waals surface area (Å²) in [5, 5.41) is 4.51. The number of amides is 2. The minimum Gasteiger partial charge on any atom is -0.347 e. The smallest absolute Gasteiger partial charge is 0.347 e. The van der Waals surface area contributed by atoms with Crippen LogP contribution in [0.1, 0.15) is 15.9 Å². The van der Waals surface area contributed by atoms with Gasteiger partial charge in [-0.3, -0.25) is 9.59 Å². The van der Waals surface area contributed by atoms with Crippen LogP contribution in [0.4, 0.5) is 18.9 Å². The van der Waals surface area contributed by atoms with Crippen molar-refractivity contribution in [2.24, 2.45) is 0 Å². The number of halogens is 4. The Morgan fingerprint density at radius 2 is 1.56 bits per heavy atom. The minimum absolute atomic E-state index is 0.170. The topological polar surface area (TPSA) is 58.2 Å². The quantitative estimate of drug-likeness (QED) is 0.778. The molecule has 0 unspecified atom stereocenters. The summed E-state index contributed by atoms with van der Waals surface area (Å²) < 4.78 is 37.0. The average Bonchev–Trinajstić information content (AvgIpc) is 2.55. The molecule has 2 aromatic rings. The normalized spacial score (nSPS) is 11.0. The first-order valence-corrected chi connectivity index (χ1v) is 8.01. The third-order valence-corrected chi connectivity index (χ3v) is 3.70. The molecule has 2 aromatic carbocycles. The van der Waals surface area contributed by atoms with E-state index in [1.165, 1.54) is 0 Å². The SMILES string of the molecule is O=C(Cc1ccc(NC(=O)c2ccc(Br)cc2)cc1)NCC(F)(F)F. The van der Waals surface area contributed by atoms with Gasteiger partial charge in [0.15, 0.2) is 0 Å². The van der Waals surface area contributed by atoms with Crippen LogP contribution in [0.25, 0.3) is 0 Å². The average molecular weight is 415 g/mol. The van der Waals surface area contributed by atoms with Crippen LogP contribution in [-0.4, -0.2) is 24.5 Å². The van der Waals surface area contributed by atoms with Gasteiger partial charge in [0.25, 0.3) is 5.91 Å². The lowest BCUT2D eigenvalue weighted by atomic mass is 10.1. The van der Waals surface area contributed by atoms with Crippen LogP contribution in [0, 0.1) is 0 Å². The zero-order valence-corrected chi connectivity index (χ0v) is 14.4. The zero-order chi connectivity index (χ0) is 18.4. The number of benzene rings is 2. The van der Waals surface area contributed by atoms with Crippen molar-refractivity contribution >= 4 is 33.4 Å². The van der Waals surface area contributed by atoms with Gasteiger partial charge >= 0.3 is 6.18 Å². The summed E-state index contributed by atoms with van der Waals surface area (Å²) in [4.78, 5) is 23.5. The maximum Gasteiger partial charge on any atom is 0.405 e.